The van der Waals surface area contributed by atoms with Crippen molar-refractivity contribution in [1.29, 1.82) is 0 Å². The predicted octanol–water partition coefficient (Wildman–Crippen LogP) is 20.0. The first-order valence-electron chi connectivity index (χ1n) is 31.7. The van der Waals surface area contributed by atoms with E-state index in [1.807, 2.05) is 21.1 Å². The molecule has 76 heavy (non-hydrogen) atoms. The normalized spacial score (nSPS) is 13.7. The van der Waals surface area contributed by atoms with Crippen LogP contribution in [0, 0.1) is 0 Å². The molecule has 0 saturated carbocycles. The van der Waals surface area contributed by atoms with Gasteiger partial charge in [0.25, 0.3) is 0 Å². The minimum absolute atomic E-state index is 0.0332. The van der Waals surface area contributed by atoms with Gasteiger partial charge in [0.1, 0.15) is 19.8 Å². The molecule has 1 N–H and O–H groups in total. The van der Waals surface area contributed by atoms with Crippen molar-refractivity contribution in [2.75, 3.05) is 47.5 Å². The number of likely N-dealkylation sites (N-methyl/N-ethyl adjacent to an activating group) is 1. The van der Waals surface area contributed by atoms with Gasteiger partial charge in [-0.2, -0.15) is 0 Å². The molecule has 0 aromatic carbocycles. The number of phosphoric ester groups is 1. The van der Waals surface area contributed by atoms with Crippen LogP contribution in [-0.4, -0.2) is 74.9 Å². The van der Waals surface area contributed by atoms with Crippen molar-refractivity contribution >= 4 is 19.8 Å². The number of hydrogen-bond donors (Lipinski definition) is 1. The lowest BCUT2D eigenvalue weighted by Crippen LogP contribution is -2.37. The Bertz CT molecular complexity index is 1510. The van der Waals surface area contributed by atoms with E-state index in [9.17, 15) is 19.0 Å². The third kappa shape index (κ3) is 60.7. The van der Waals surface area contributed by atoms with Crippen molar-refractivity contribution in [3.63, 3.8) is 0 Å². The van der Waals surface area contributed by atoms with E-state index in [1.54, 1.807) is 0 Å². The van der Waals surface area contributed by atoms with Crippen LogP contribution < -0.4 is 0 Å². The molecule has 0 heterocycles. The Morgan fingerprint density at radius 2 is 0.750 bits per heavy atom. The van der Waals surface area contributed by atoms with Crippen LogP contribution in [0.3, 0.4) is 0 Å². The summed E-state index contributed by atoms with van der Waals surface area (Å²) in [4.78, 5) is 35.6. The number of rotatable bonds is 58. The first kappa shape index (κ1) is 73.5. The maximum Gasteiger partial charge on any atom is 0.472 e. The van der Waals surface area contributed by atoms with Crippen LogP contribution in [0.25, 0.3) is 0 Å². The molecule has 442 valence electrons. The van der Waals surface area contributed by atoms with Gasteiger partial charge in [-0.05, 0) is 64.2 Å². The molecule has 10 heteroatoms. The second-order valence-corrected chi connectivity index (χ2v) is 23.9. The van der Waals surface area contributed by atoms with Crippen molar-refractivity contribution in [2.24, 2.45) is 0 Å². The number of carbonyl (C=O) groups excluding carboxylic acids is 2. The van der Waals surface area contributed by atoms with E-state index in [2.05, 4.69) is 86.8 Å². The lowest BCUT2D eigenvalue weighted by Gasteiger charge is -2.24. The fourth-order valence-electron chi connectivity index (χ4n) is 8.90. The fourth-order valence-corrected chi connectivity index (χ4v) is 9.65. The molecular weight excluding hydrogens is 966 g/mol. The molecule has 0 amide bonds. The van der Waals surface area contributed by atoms with Crippen LogP contribution in [0.2, 0.25) is 0 Å². The van der Waals surface area contributed by atoms with Gasteiger partial charge in [0.05, 0.1) is 27.7 Å². The molecule has 0 aliphatic heterocycles. The van der Waals surface area contributed by atoms with Gasteiger partial charge in [0.15, 0.2) is 6.10 Å². The second kappa shape index (κ2) is 57.1. The lowest BCUT2D eigenvalue weighted by molar-refractivity contribution is -0.870. The Hall–Kier alpha value is -2.55. The van der Waals surface area contributed by atoms with Crippen molar-refractivity contribution in [3.8, 4) is 0 Å². The Labute approximate surface area is 469 Å². The zero-order chi connectivity index (χ0) is 55.6. The summed E-state index contributed by atoms with van der Waals surface area (Å²) in [5, 5.41) is 0. The highest BCUT2D eigenvalue weighted by Gasteiger charge is 2.27. The third-order valence-corrected chi connectivity index (χ3v) is 14.7. The zero-order valence-electron chi connectivity index (χ0n) is 50.2. The summed E-state index contributed by atoms with van der Waals surface area (Å²) in [7, 11) is 1.49. The van der Waals surface area contributed by atoms with E-state index in [-0.39, 0.29) is 25.6 Å². The molecule has 0 aromatic rings. The van der Waals surface area contributed by atoms with Gasteiger partial charge in [0, 0.05) is 12.8 Å². The van der Waals surface area contributed by atoms with Gasteiger partial charge in [-0.3, -0.25) is 18.6 Å². The van der Waals surface area contributed by atoms with Gasteiger partial charge in [0.2, 0.25) is 0 Å². The fraction of sp³-hybridized carbons (Fsp3) is 0.788. The minimum Gasteiger partial charge on any atom is -0.462 e. The summed E-state index contributed by atoms with van der Waals surface area (Å²) in [6.07, 6.45) is 75.7. The summed E-state index contributed by atoms with van der Waals surface area (Å²) in [5.41, 5.74) is 0. The number of unbranched alkanes of at least 4 members (excludes halogenated alkanes) is 32. The number of phosphoric acid groups is 1. The molecule has 2 atom stereocenters. The van der Waals surface area contributed by atoms with Crippen molar-refractivity contribution in [3.05, 3.63) is 72.9 Å². The van der Waals surface area contributed by atoms with Crippen molar-refractivity contribution < 1.29 is 42.1 Å². The summed E-state index contributed by atoms with van der Waals surface area (Å²) in [6, 6.07) is 0. The minimum atomic E-state index is -4.38. The van der Waals surface area contributed by atoms with Gasteiger partial charge in [-0.25, -0.2) is 4.57 Å². The van der Waals surface area contributed by atoms with Gasteiger partial charge in [-0.15, -0.1) is 0 Å². The molecule has 0 bridgehead atoms. The summed E-state index contributed by atoms with van der Waals surface area (Å²) in [5.74, 6) is -0.785. The van der Waals surface area contributed by atoms with E-state index in [1.165, 1.54) is 180 Å². The van der Waals surface area contributed by atoms with Crippen molar-refractivity contribution in [1.82, 2.24) is 0 Å². The number of ether oxygens (including phenoxy) is 2. The number of esters is 2. The summed E-state index contributed by atoms with van der Waals surface area (Å²) >= 11 is 0. The molecule has 0 radical (unpaired) electrons. The molecule has 0 rings (SSSR count). The lowest BCUT2D eigenvalue weighted by atomic mass is 10.0. The maximum absolute atomic E-state index is 12.8. The molecule has 2 unspecified atom stereocenters. The Kier molecular flexibility index (Phi) is 55.2. The number of allylic oxidation sites excluding steroid dienone is 12. The topological polar surface area (TPSA) is 108 Å². The number of quaternary nitrogens is 1. The SMILES string of the molecule is CC/C=C\C/C=C\C/C=C\C/C=C\C/C=C\C/C=C\CCCCCCCCCCCCCCCCCCCCCCC(=O)OC(COC(=O)CCCCCCCCCCCCCCC)COP(=O)(O)OCC[N+](C)(C)C. The molecular formula is C66H121NO8P+. The highest BCUT2D eigenvalue weighted by molar-refractivity contribution is 7.47. The highest BCUT2D eigenvalue weighted by Crippen LogP contribution is 2.43. The van der Waals surface area contributed by atoms with E-state index in [0.29, 0.717) is 23.9 Å². The smallest absolute Gasteiger partial charge is 0.462 e. The molecule has 0 spiro atoms. The first-order chi connectivity index (χ1) is 37.0. The van der Waals surface area contributed by atoms with Crippen molar-refractivity contribution in [2.45, 2.75) is 290 Å². The van der Waals surface area contributed by atoms with E-state index in [0.717, 1.165) is 70.6 Å². The molecule has 0 fully saturated rings. The van der Waals surface area contributed by atoms with Gasteiger partial charge < -0.3 is 18.9 Å². The Balaban J connectivity index is 3.92. The molecule has 9 nitrogen and oxygen atoms in total. The average Bonchev–Trinajstić information content (AvgIpc) is 3.38. The molecule has 0 saturated heterocycles. The van der Waals surface area contributed by atoms with E-state index in [4.69, 9.17) is 18.5 Å². The van der Waals surface area contributed by atoms with Crippen LogP contribution in [0.5, 0.6) is 0 Å². The number of carbonyl (C=O) groups is 2. The number of nitrogens with zero attached hydrogens (tertiary/aromatic N) is 1. The molecule has 0 aliphatic rings. The van der Waals surface area contributed by atoms with E-state index >= 15 is 0 Å². The van der Waals surface area contributed by atoms with E-state index < -0.39 is 26.5 Å². The van der Waals surface area contributed by atoms with Crippen LogP contribution in [-0.2, 0) is 32.7 Å². The monoisotopic (exact) mass is 1090 g/mol. The molecule has 0 aromatic heterocycles. The first-order valence-corrected chi connectivity index (χ1v) is 33.2. The predicted molar refractivity (Wildman–Crippen MR) is 326 cm³/mol. The van der Waals surface area contributed by atoms with Gasteiger partial charge >= 0.3 is 19.8 Å². The average molecular weight is 1090 g/mol. The third-order valence-electron chi connectivity index (χ3n) is 13.8. The largest absolute Gasteiger partial charge is 0.472 e. The van der Waals surface area contributed by atoms with Crippen LogP contribution >= 0.6 is 7.82 Å². The molecule has 0 aliphatic carbocycles. The Morgan fingerprint density at radius 1 is 0.421 bits per heavy atom. The van der Waals surface area contributed by atoms with Crippen LogP contribution in [0.4, 0.5) is 0 Å². The quantitative estimate of drug-likeness (QED) is 0.0211. The second-order valence-electron chi connectivity index (χ2n) is 22.4. The van der Waals surface area contributed by atoms with Crippen LogP contribution in [0.15, 0.2) is 72.9 Å². The van der Waals surface area contributed by atoms with Crippen LogP contribution in [0.1, 0.15) is 284 Å². The number of hydrogen-bond acceptors (Lipinski definition) is 7. The summed E-state index contributed by atoms with van der Waals surface area (Å²) in [6.45, 7) is 4.34. The summed E-state index contributed by atoms with van der Waals surface area (Å²) < 4.78 is 34.6. The maximum atomic E-state index is 12.8. The highest BCUT2D eigenvalue weighted by atomic mass is 31.2. The standard InChI is InChI=1S/C66H120NO8P/c1-6-8-10-12-14-16-18-20-21-22-23-24-25-26-27-28-29-30-31-32-33-34-35-36-37-38-39-40-41-42-43-44-45-47-49-51-53-55-57-59-66(69)75-64(63-74-76(70,71)73-61-60-67(3,4)5)62-72-65(68)58-56-54-52-50-48-46-19-17-15-13-11-9-7-2/h8,10,14,16,20-21,23-24,26-27,29-30,64H,6-7,9,11-13,15,17-19,22,25,28,31-63H2,1-5H3/p+1/b10-8-,16-14-,21-20-,24-23-,27-26-,30-29-. The zero-order valence-corrected chi connectivity index (χ0v) is 51.1. The Morgan fingerprint density at radius 3 is 1.12 bits per heavy atom. The van der Waals surface area contributed by atoms with Gasteiger partial charge in [-0.1, -0.05) is 279 Å².